The van der Waals surface area contributed by atoms with Crippen molar-refractivity contribution in [3.8, 4) is 6.07 Å². The Bertz CT molecular complexity index is 700. The van der Waals surface area contributed by atoms with Crippen LogP contribution < -0.4 is 0 Å². The number of halogens is 1. The molecule has 0 fully saturated rings. The van der Waals surface area contributed by atoms with Gasteiger partial charge in [0.25, 0.3) is 0 Å². The second kappa shape index (κ2) is 6.02. The molecule has 20 heavy (non-hydrogen) atoms. The fraction of sp³-hybridized carbons (Fsp3) is 0.176. The van der Waals surface area contributed by atoms with Crippen molar-refractivity contribution in [2.24, 2.45) is 0 Å². The molecule has 0 N–H and O–H groups in total. The van der Waals surface area contributed by atoms with Crippen LogP contribution in [0.1, 0.15) is 33.0 Å². The lowest BCUT2D eigenvalue weighted by atomic mass is 9.88. The Morgan fingerprint density at radius 3 is 2.50 bits per heavy atom. The van der Waals surface area contributed by atoms with Gasteiger partial charge < -0.3 is 0 Å². The normalized spacial score (nSPS) is 11.7. The third kappa shape index (κ3) is 2.81. The number of carbonyl (C=O) groups is 1. The molecule has 2 aromatic rings. The molecule has 2 nitrogen and oxygen atoms in total. The Kier molecular flexibility index (Phi) is 4.36. The van der Waals surface area contributed by atoms with E-state index >= 15 is 0 Å². The van der Waals surface area contributed by atoms with E-state index in [4.69, 9.17) is 0 Å². The lowest BCUT2D eigenvalue weighted by Gasteiger charge is -2.13. The van der Waals surface area contributed by atoms with Gasteiger partial charge in [0.1, 0.15) is 5.92 Å². The number of hydrogen-bond acceptors (Lipinski definition) is 2. The van der Waals surface area contributed by atoms with Gasteiger partial charge in [-0.25, -0.2) is 0 Å². The molecule has 100 valence electrons. The summed E-state index contributed by atoms with van der Waals surface area (Å²) in [6.07, 6.45) is 0. The molecule has 0 heterocycles. The zero-order valence-electron chi connectivity index (χ0n) is 11.4. The number of aryl methyl sites for hydroxylation is 2. The molecule has 0 aromatic heterocycles. The maximum absolute atomic E-state index is 12.7. The molecule has 0 spiro atoms. The maximum atomic E-state index is 12.7. The topological polar surface area (TPSA) is 40.9 Å². The minimum absolute atomic E-state index is 0.152. The molecule has 1 unspecified atom stereocenters. The molecule has 0 aliphatic rings. The van der Waals surface area contributed by atoms with E-state index < -0.39 is 5.92 Å². The van der Waals surface area contributed by atoms with Gasteiger partial charge in [-0.2, -0.15) is 5.26 Å². The summed E-state index contributed by atoms with van der Waals surface area (Å²) in [5, 5.41) is 9.41. The minimum atomic E-state index is -0.760. The largest absolute Gasteiger partial charge is 0.292 e. The molecule has 3 heteroatoms. The van der Waals surface area contributed by atoms with Gasteiger partial charge in [-0.05, 0) is 42.7 Å². The number of ketones is 1. The maximum Gasteiger partial charge on any atom is 0.184 e. The van der Waals surface area contributed by atoms with Crippen LogP contribution in [0, 0.1) is 25.2 Å². The average molecular weight is 328 g/mol. The fourth-order valence-corrected chi connectivity index (χ4v) is 2.56. The lowest BCUT2D eigenvalue weighted by molar-refractivity contribution is 0.0978. The summed E-state index contributed by atoms with van der Waals surface area (Å²) in [6.45, 7) is 3.80. The van der Waals surface area contributed by atoms with Gasteiger partial charge in [-0.1, -0.05) is 46.3 Å². The van der Waals surface area contributed by atoms with Crippen LogP contribution in [0.15, 0.2) is 46.9 Å². The second-order valence-electron chi connectivity index (χ2n) is 4.74. The molecule has 0 radical (unpaired) electrons. The molecule has 0 aliphatic carbocycles. The third-order valence-electron chi connectivity index (χ3n) is 3.36. The zero-order valence-corrected chi connectivity index (χ0v) is 12.9. The van der Waals surface area contributed by atoms with Crippen molar-refractivity contribution in [1.82, 2.24) is 0 Å². The van der Waals surface area contributed by atoms with Crippen LogP contribution in [0.25, 0.3) is 0 Å². The van der Waals surface area contributed by atoms with Crippen LogP contribution in [0.5, 0.6) is 0 Å². The standard InChI is InChI=1S/C17H14BrNO/c1-11-5-3-4-6-14(11)16(10-19)17(20)15-9-13(18)8-7-12(15)2/h3-9,16H,1-2H3. The Labute approximate surface area is 127 Å². The number of benzene rings is 2. The highest BCUT2D eigenvalue weighted by atomic mass is 79.9. The molecule has 0 saturated carbocycles. The van der Waals surface area contributed by atoms with Crippen molar-refractivity contribution < 1.29 is 4.79 Å². The number of Topliss-reactive ketones (excluding diaryl/α,β-unsaturated/α-hetero) is 1. The Hall–Kier alpha value is -1.92. The monoisotopic (exact) mass is 327 g/mol. The van der Waals surface area contributed by atoms with E-state index in [0.717, 1.165) is 21.2 Å². The number of carbonyl (C=O) groups excluding carboxylic acids is 1. The predicted octanol–water partition coefficient (Wildman–Crippen LogP) is 4.56. The van der Waals surface area contributed by atoms with Crippen molar-refractivity contribution in [2.45, 2.75) is 19.8 Å². The average Bonchev–Trinajstić information content (AvgIpc) is 2.44. The Morgan fingerprint density at radius 2 is 1.85 bits per heavy atom. The molecular weight excluding hydrogens is 314 g/mol. The first kappa shape index (κ1) is 14.5. The predicted molar refractivity (Wildman–Crippen MR) is 82.7 cm³/mol. The molecule has 0 amide bonds. The summed E-state index contributed by atoms with van der Waals surface area (Å²) < 4.78 is 0.841. The van der Waals surface area contributed by atoms with Gasteiger partial charge in [-0.15, -0.1) is 0 Å². The summed E-state index contributed by atoms with van der Waals surface area (Å²) in [5.41, 5.74) is 3.21. The second-order valence-corrected chi connectivity index (χ2v) is 5.66. The van der Waals surface area contributed by atoms with Crippen LogP contribution in [0.2, 0.25) is 0 Å². The van der Waals surface area contributed by atoms with Crippen molar-refractivity contribution in [3.63, 3.8) is 0 Å². The quantitative estimate of drug-likeness (QED) is 0.775. The molecule has 0 bridgehead atoms. The zero-order chi connectivity index (χ0) is 14.7. The van der Waals surface area contributed by atoms with E-state index in [9.17, 15) is 10.1 Å². The van der Waals surface area contributed by atoms with Gasteiger partial charge in [-0.3, -0.25) is 4.79 Å². The van der Waals surface area contributed by atoms with Crippen molar-refractivity contribution in [3.05, 3.63) is 69.2 Å². The summed E-state index contributed by atoms with van der Waals surface area (Å²) in [7, 11) is 0. The molecule has 0 saturated heterocycles. The molecule has 1 atom stereocenters. The van der Waals surface area contributed by atoms with Crippen LogP contribution in [-0.2, 0) is 0 Å². The summed E-state index contributed by atoms with van der Waals surface area (Å²) in [6, 6.07) is 15.2. The van der Waals surface area contributed by atoms with Gasteiger partial charge in [0.2, 0.25) is 0 Å². The van der Waals surface area contributed by atoms with Crippen LogP contribution in [-0.4, -0.2) is 5.78 Å². The first-order valence-corrected chi connectivity index (χ1v) is 7.09. The van der Waals surface area contributed by atoms with E-state index in [1.54, 1.807) is 6.07 Å². The molecular formula is C17H14BrNO. The Morgan fingerprint density at radius 1 is 1.15 bits per heavy atom. The van der Waals surface area contributed by atoms with Crippen LogP contribution in [0.3, 0.4) is 0 Å². The highest BCUT2D eigenvalue weighted by Gasteiger charge is 2.24. The van der Waals surface area contributed by atoms with Gasteiger partial charge in [0.05, 0.1) is 6.07 Å². The number of nitriles is 1. The Balaban J connectivity index is 2.48. The van der Waals surface area contributed by atoms with E-state index in [2.05, 4.69) is 22.0 Å². The highest BCUT2D eigenvalue weighted by Crippen LogP contribution is 2.26. The minimum Gasteiger partial charge on any atom is -0.292 e. The summed E-state index contributed by atoms with van der Waals surface area (Å²) >= 11 is 3.37. The van der Waals surface area contributed by atoms with Gasteiger partial charge >= 0.3 is 0 Å². The van der Waals surface area contributed by atoms with Crippen molar-refractivity contribution in [2.75, 3.05) is 0 Å². The van der Waals surface area contributed by atoms with Gasteiger partial charge in [0.15, 0.2) is 5.78 Å². The van der Waals surface area contributed by atoms with Crippen molar-refractivity contribution in [1.29, 1.82) is 5.26 Å². The van der Waals surface area contributed by atoms with E-state index in [-0.39, 0.29) is 5.78 Å². The van der Waals surface area contributed by atoms with Crippen molar-refractivity contribution >= 4 is 21.7 Å². The number of nitrogens with zero attached hydrogens (tertiary/aromatic N) is 1. The highest BCUT2D eigenvalue weighted by molar-refractivity contribution is 9.10. The first-order valence-electron chi connectivity index (χ1n) is 6.30. The molecule has 2 rings (SSSR count). The van der Waals surface area contributed by atoms with Gasteiger partial charge in [0, 0.05) is 10.0 Å². The third-order valence-corrected chi connectivity index (χ3v) is 3.85. The molecule has 0 aliphatic heterocycles. The van der Waals surface area contributed by atoms with E-state index in [1.807, 2.05) is 50.2 Å². The lowest BCUT2D eigenvalue weighted by Crippen LogP contribution is -2.13. The number of hydrogen-bond donors (Lipinski definition) is 0. The summed E-state index contributed by atoms with van der Waals surface area (Å²) in [4.78, 5) is 12.7. The van der Waals surface area contributed by atoms with Crippen LogP contribution in [0.4, 0.5) is 0 Å². The first-order chi connectivity index (χ1) is 9.54. The summed E-state index contributed by atoms with van der Waals surface area (Å²) in [5.74, 6) is -0.912. The van der Waals surface area contributed by atoms with E-state index in [1.165, 1.54) is 0 Å². The smallest absolute Gasteiger partial charge is 0.184 e. The van der Waals surface area contributed by atoms with E-state index in [0.29, 0.717) is 5.56 Å². The van der Waals surface area contributed by atoms with Crippen LogP contribution >= 0.6 is 15.9 Å². The molecule has 2 aromatic carbocycles. The SMILES string of the molecule is Cc1ccc(Br)cc1C(=O)C(C#N)c1ccccc1C. The number of rotatable bonds is 3. The fourth-order valence-electron chi connectivity index (χ4n) is 2.20.